The first-order valence-corrected chi connectivity index (χ1v) is 8.80. The van der Waals surface area contributed by atoms with E-state index in [-0.39, 0.29) is 5.41 Å². The molecule has 21 heavy (non-hydrogen) atoms. The average molecular weight is 293 g/mol. The second-order valence-corrected chi connectivity index (χ2v) is 7.11. The number of hydrogen-bond donors (Lipinski definition) is 2. The monoisotopic (exact) mass is 292 g/mol. The van der Waals surface area contributed by atoms with Crippen molar-refractivity contribution >= 4 is 0 Å². The molecule has 0 fully saturated rings. The summed E-state index contributed by atoms with van der Waals surface area (Å²) in [4.78, 5) is 0. The first kappa shape index (κ1) is 18.4. The van der Waals surface area contributed by atoms with Crippen molar-refractivity contribution in [2.75, 3.05) is 0 Å². The lowest BCUT2D eigenvalue weighted by Crippen LogP contribution is -2.41. The summed E-state index contributed by atoms with van der Waals surface area (Å²) < 4.78 is 0. The molecule has 0 saturated heterocycles. The van der Waals surface area contributed by atoms with Gasteiger partial charge >= 0.3 is 0 Å². The highest BCUT2D eigenvalue weighted by atomic mass is 14.9. The van der Waals surface area contributed by atoms with Crippen LogP contribution in [0, 0.1) is 5.41 Å². The minimum absolute atomic E-state index is 0.222. The van der Waals surface area contributed by atoms with Crippen LogP contribution in [0.1, 0.15) is 67.2 Å². The molecular formula is C19H36N2. The Kier molecular flexibility index (Phi) is 7.69. The summed E-state index contributed by atoms with van der Waals surface area (Å²) in [5.41, 5.74) is 0.222. The fraction of sp³-hybridized carbons (Fsp3) is 0.789. The minimum atomic E-state index is 0.222. The van der Waals surface area contributed by atoms with Gasteiger partial charge in [0, 0.05) is 29.6 Å². The van der Waals surface area contributed by atoms with E-state index in [9.17, 15) is 0 Å². The maximum atomic E-state index is 3.72. The van der Waals surface area contributed by atoms with Gasteiger partial charge in [-0.2, -0.15) is 0 Å². The van der Waals surface area contributed by atoms with Crippen molar-refractivity contribution in [1.29, 1.82) is 0 Å². The van der Waals surface area contributed by atoms with Gasteiger partial charge in [0.25, 0.3) is 0 Å². The average Bonchev–Trinajstić information content (AvgIpc) is 2.85. The van der Waals surface area contributed by atoms with Crippen LogP contribution in [-0.4, -0.2) is 24.2 Å². The van der Waals surface area contributed by atoms with E-state index >= 15 is 0 Å². The van der Waals surface area contributed by atoms with E-state index < -0.39 is 0 Å². The Hall–Kier alpha value is -0.600. The third-order valence-corrected chi connectivity index (χ3v) is 4.70. The smallest absolute Gasteiger partial charge is 0.00965 e. The van der Waals surface area contributed by atoms with Gasteiger partial charge in [0.05, 0.1) is 0 Å². The van der Waals surface area contributed by atoms with E-state index in [0.29, 0.717) is 24.2 Å². The molecule has 4 atom stereocenters. The molecular weight excluding hydrogens is 256 g/mol. The molecule has 0 bridgehead atoms. The van der Waals surface area contributed by atoms with Gasteiger partial charge in [0.15, 0.2) is 0 Å². The van der Waals surface area contributed by atoms with Gasteiger partial charge in [-0.05, 0) is 53.4 Å². The Morgan fingerprint density at radius 2 is 1.10 bits per heavy atom. The largest absolute Gasteiger partial charge is 0.312 e. The van der Waals surface area contributed by atoms with Crippen molar-refractivity contribution in [3.8, 4) is 0 Å². The van der Waals surface area contributed by atoms with Crippen LogP contribution in [0.4, 0.5) is 0 Å². The molecule has 122 valence electrons. The Morgan fingerprint density at radius 3 is 1.43 bits per heavy atom. The van der Waals surface area contributed by atoms with Crippen LogP contribution in [0.3, 0.4) is 0 Å². The van der Waals surface area contributed by atoms with Crippen molar-refractivity contribution in [3.63, 3.8) is 0 Å². The van der Waals surface area contributed by atoms with E-state index in [1.54, 1.807) is 0 Å². The van der Waals surface area contributed by atoms with Gasteiger partial charge in [-0.3, -0.25) is 0 Å². The zero-order valence-electron chi connectivity index (χ0n) is 14.9. The molecule has 2 N–H and O–H groups in total. The molecule has 0 amide bonds. The normalized spacial score (nSPS) is 22.2. The van der Waals surface area contributed by atoms with E-state index in [4.69, 9.17) is 0 Å². The predicted molar refractivity (Wildman–Crippen MR) is 94.6 cm³/mol. The fourth-order valence-electron chi connectivity index (χ4n) is 3.37. The standard InChI is InChI=1S/C19H36N2/c1-7-15(3)20-17(5)13-19(11-9-10-12-19)14-18(6)21-16(4)8-2/h9-12,15-18,20-21H,7-8,13-14H2,1-6H3. The maximum Gasteiger partial charge on any atom is 0.00965 e. The predicted octanol–water partition coefficient (Wildman–Crippen LogP) is 4.43. The molecule has 1 rings (SSSR count). The van der Waals surface area contributed by atoms with Crippen molar-refractivity contribution in [2.45, 2.75) is 91.4 Å². The van der Waals surface area contributed by atoms with Gasteiger partial charge in [-0.1, -0.05) is 38.2 Å². The number of hydrogen-bond acceptors (Lipinski definition) is 2. The highest BCUT2D eigenvalue weighted by Gasteiger charge is 2.30. The highest BCUT2D eigenvalue weighted by Crippen LogP contribution is 2.36. The highest BCUT2D eigenvalue weighted by molar-refractivity contribution is 5.25. The zero-order valence-corrected chi connectivity index (χ0v) is 14.9. The first-order valence-electron chi connectivity index (χ1n) is 8.80. The Balaban J connectivity index is 2.59. The zero-order chi connectivity index (χ0) is 15.9. The third kappa shape index (κ3) is 6.36. The van der Waals surface area contributed by atoms with E-state index in [1.165, 1.54) is 25.7 Å². The molecule has 0 saturated carbocycles. The van der Waals surface area contributed by atoms with Crippen molar-refractivity contribution in [1.82, 2.24) is 10.6 Å². The molecule has 1 aliphatic rings. The third-order valence-electron chi connectivity index (χ3n) is 4.70. The lowest BCUT2D eigenvalue weighted by atomic mass is 9.78. The molecule has 0 aliphatic heterocycles. The van der Waals surface area contributed by atoms with Crippen LogP contribution in [0.2, 0.25) is 0 Å². The van der Waals surface area contributed by atoms with Crippen LogP contribution < -0.4 is 10.6 Å². The number of allylic oxidation sites excluding steroid dienone is 4. The summed E-state index contributed by atoms with van der Waals surface area (Å²) in [5.74, 6) is 0. The van der Waals surface area contributed by atoms with Gasteiger partial charge in [-0.15, -0.1) is 0 Å². The molecule has 2 nitrogen and oxygen atoms in total. The van der Waals surface area contributed by atoms with E-state index in [2.05, 4.69) is 76.5 Å². The fourth-order valence-corrected chi connectivity index (χ4v) is 3.37. The molecule has 0 heterocycles. The number of nitrogens with one attached hydrogen (secondary N) is 2. The Bertz CT molecular complexity index is 311. The molecule has 0 aromatic rings. The molecule has 2 heteroatoms. The summed E-state index contributed by atoms with van der Waals surface area (Å²) >= 11 is 0. The molecule has 1 aliphatic carbocycles. The van der Waals surface area contributed by atoms with Gasteiger partial charge in [0.1, 0.15) is 0 Å². The molecule has 4 unspecified atom stereocenters. The quantitative estimate of drug-likeness (QED) is 0.622. The van der Waals surface area contributed by atoms with Crippen LogP contribution in [0.5, 0.6) is 0 Å². The maximum absolute atomic E-state index is 3.72. The number of rotatable bonds is 10. The Labute approximate surface area is 132 Å². The Morgan fingerprint density at radius 1 is 0.714 bits per heavy atom. The molecule has 0 aromatic heterocycles. The lowest BCUT2D eigenvalue weighted by Gasteiger charge is -2.34. The van der Waals surface area contributed by atoms with Gasteiger partial charge in [-0.25, -0.2) is 0 Å². The topological polar surface area (TPSA) is 24.1 Å². The van der Waals surface area contributed by atoms with E-state index in [1.807, 2.05) is 0 Å². The van der Waals surface area contributed by atoms with Crippen LogP contribution in [-0.2, 0) is 0 Å². The van der Waals surface area contributed by atoms with Crippen molar-refractivity contribution < 1.29 is 0 Å². The summed E-state index contributed by atoms with van der Waals surface area (Å²) in [7, 11) is 0. The van der Waals surface area contributed by atoms with Crippen molar-refractivity contribution in [3.05, 3.63) is 24.3 Å². The van der Waals surface area contributed by atoms with Crippen LogP contribution in [0.15, 0.2) is 24.3 Å². The van der Waals surface area contributed by atoms with Crippen molar-refractivity contribution in [2.24, 2.45) is 5.41 Å². The minimum Gasteiger partial charge on any atom is -0.312 e. The first-order chi connectivity index (χ1) is 9.90. The summed E-state index contributed by atoms with van der Waals surface area (Å²) in [5, 5.41) is 7.44. The molecule has 0 aromatic carbocycles. The molecule has 0 radical (unpaired) electrons. The van der Waals surface area contributed by atoms with Gasteiger partial charge < -0.3 is 10.6 Å². The summed E-state index contributed by atoms with van der Waals surface area (Å²) in [6.45, 7) is 13.7. The summed E-state index contributed by atoms with van der Waals surface area (Å²) in [6.07, 6.45) is 14.0. The lowest BCUT2D eigenvalue weighted by molar-refractivity contribution is 0.292. The second kappa shape index (κ2) is 8.75. The van der Waals surface area contributed by atoms with Gasteiger partial charge in [0.2, 0.25) is 0 Å². The summed E-state index contributed by atoms with van der Waals surface area (Å²) in [6, 6.07) is 2.29. The van der Waals surface area contributed by atoms with Crippen LogP contribution >= 0.6 is 0 Å². The van der Waals surface area contributed by atoms with Crippen LogP contribution in [0.25, 0.3) is 0 Å². The second-order valence-electron chi connectivity index (χ2n) is 7.11. The van der Waals surface area contributed by atoms with E-state index in [0.717, 1.165) is 0 Å². The SMILES string of the molecule is CCC(C)NC(C)CC1(CC(C)NC(C)CC)C=CC=C1. The molecule has 0 spiro atoms.